The number of hydrogen-bond acceptors (Lipinski definition) is 3. The summed E-state index contributed by atoms with van der Waals surface area (Å²) in [6.07, 6.45) is 3.51. The third-order valence-electron chi connectivity index (χ3n) is 2.78. The van der Waals surface area contributed by atoms with Gasteiger partial charge in [-0.25, -0.2) is 0 Å². The van der Waals surface area contributed by atoms with Crippen molar-refractivity contribution in [3.05, 3.63) is 0 Å². The maximum atomic E-state index is 5.75. The fourth-order valence-electron chi connectivity index (χ4n) is 1.96. The van der Waals surface area contributed by atoms with E-state index in [1.807, 2.05) is 11.8 Å². The minimum atomic E-state index is 0.741. The smallest absolute Gasteiger partial charge is 0.00105 e. The first kappa shape index (κ1) is 10.4. The van der Waals surface area contributed by atoms with Crippen LogP contribution in [0, 0.1) is 11.8 Å². The standard InChI is InChI=1S/C9H20N2S/c1-11-4-3-8(6-11)9(5-10)7-12-2/h8-9H,3-7,10H2,1-2H3. The fraction of sp³-hybridized carbons (Fsp3) is 1.00. The molecule has 1 aliphatic rings. The second-order valence-electron chi connectivity index (χ2n) is 3.76. The number of rotatable bonds is 4. The highest BCUT2D eigenvalue weighted by molar-refractivity contribution is 7.98. The average Bonchev–Trinajstić information content (AvgIpc) is 2.47. The molecule has 72 valence electrons. The van der Waals surface area contributed by atoms with Crippen LogP contribution in [0.15, 0.2) is 0 Å². The van der Waals surface area contributed by atoms with E-state index in [9.17, 15) is 0 Å². The van der Waals surface area contributed by atoms with Crippen molar-refractivity contribution in [3.8, 4) is 0 Å². The SMILES string of the molecule is CSCC(CN)C1CCN(C)C1. The predicted octanol–water partition coefficient (Wildman–Crippen LogP) is 0.876. The second kappa shape index (κ2) is 5.10. The first-order valence-electron chi connectivity index (χ1n) is 4.65. The van der Waals surface area contributed by atoms with Crippen LogP contribution < -0.4 is 5.73 Å². The summed E-state index contributed by atoms with van der Waals surface area (Å²) in [5, 5.41) is 0. The molecule has 0 amide bonds. The minimum Gasteiger partial charge on any atom is -0.330 e. The van der Waals surface area contributed by atoms with Crippen LogP contribution >= 0.6 is 11.8 Å². The summed E-state index contributed by atoms with van der Waals surface area (Å²) in [6.45, 7) is 3.37. The van der Waals surface area contributed by atoms with Gasteiger partial charge in [0.1, 0.15) is 0 Å². The van der Waals surface area contributed by atoms with Gasteiger partial charge in [0.15, 0.2) is 0 Å². The Bertz CT molecular complexity index is 128. The van der Waals surface area contributed by atoms with E-state index in [1.54, 1.807) is 0 Å². The van der Waals surface area contributed by atoms with Gasteiger partial charge >= 0.3 is 0 Å². The lowest BCUT2D eigenvalue weighted by Gasteiger charge is -2.20. The monoisotopic (exact) mass is 188 g/mol. The van der Waals surface area contributed by atoms with Gasteiger partial charge in [0.2, 0.25) is 0 Å². The molecule has 2 nitrogen and oxygen atoms in total. The molecule has 1 rings (SSSR count). The third kappa shape index (κ3) is 2.64. The zero-order valence-electron chi connectivity index (χ0n) is 8.12. The summed E-state index contributed by atoms with van der Waals surface area (Å²) in [5.74, 6) is 2.83. The number of likely N-dealkylation sites (tertiary alicyclic amines) is 1. The molecule has 1 aliphatic heterocycles. The Morgan fingerprint density at radius 2 is 2.42 bits per heavy atom. The minimum absolute atomic E-state index is 0.741. The van der Waals surface area contributed by atoms with Gasteiger partial charge in [0.05, 0.1) is 0 Å². The highest BCUT2D eigenvalue weighted by Crippen LogP contribution is 2.24. The number of nitrogens with zero attached hydrogens (tertiary/aromatic N) is 1. The third-order valence-corrected chi connectivity index (χ3v) is 3.54. The van der Waals surface area contributed by atoms with Crippen LogP contribution in [0.1, 0.15) is 6.42 Å². The average molecular weight is 188 g/mol. The van der Waals surface area contributed by atoms with Gasteiger partial charge in [-0.3, -0.25) is 0 Å². The predicted molar refractivity (Wildman–Crippen MR) is 56.5 cm³/mol. The Balaban J connectivity index is 2.33. The quantitative estimate of drug-likeness (QED) is 0.710. The van der Waals surface area contributed by atoms with Crippen molar-refractivity contribution in [1.82, 2.24) is 4.90 Å². The number of nitrogens with two attached hydrogens (primary N) is 1. The molecule has 2 atom stereocenters. The van der Waals surface area contributed by atoms with Crippen molar-refractivity contribution in [3.63, 3.8) is 0 Å². The lowest BCUT2D eigenvalue weighted by molar-refractivity contribution is 0.345. The highest BCUT2D eigenvalue weighted by Gasteiger charge is 2.26. The summed E-state index contributed by atoms with van der Waals surface area (Å²) in [4.78, 5) is 2.41. The van der Waals surface area contributed by atoms with Crippen LogP contribution in [-0.4, -0.2) is 43.6 Å². The molecule has 1 heterocycles. The summed E-state index contributed by atoms with van der Waals surface area (Å²) in [6, 6.07) is 0. The highest BCUT2D eigenvalue weighted by atomic mass is 32.2. The van der Waals surface area contributed by atoms with Gasteiger partial charge in [-0.1, -0.05) is 0 Å². The van der Waals surface area contributed by atoms with Crippen molar-refractivity contribution < 1.29 is 0 Å². The molecule has 1 fully saturated rings. The molecule has 3 heteroatoms. The Morgan fingerprint density at radius 1 is 1.67 bits per heavy atom. The van der Waals surface area contributed by atoms with Gasteiger partial charge in [-0.05, 0) is 50.4 Å². The van der Waals surface area contributed by atoms with Gasteiger partial charge in [0.25, 0.3) is 0 Å². The van der Waals surface area contributed by atoms with Crippen molar-refractivity contribution in [2.45, 2.75) is 6.42 Å². The van der Waals surface area contributed by atoms with Crippen LogP contribution in [0.3, 0.4) is 0 Å². The molecule has 0 aliphatic carbocycles. The molecule has 0 radical (unpaired) electrons. The summed E-state index contributed by atoms with van der Waals surface area (Å²) < 4.78 is 0. The zero-order chi connectivity index (χ0) is 8.97. The Labute approximate surface area is 79.9 Å². The van der Waals surface area contributed by atoms with Crippen molar-refractivity contribution in [2.24, 2.45) is 17.6 Å². The Hall–Kier alpha value is 0.270. The lowest BCUT2D eigenvalue weighted by Crippen LogP contribution is -2.27. The van der Waals surface area contributed by atoms with Crippen molar-refractivity contribution >= 4 is 11.8 Å². The van der Waals surface area contributed by atoms with E-state index < -0.39 is 0 Å². The topological polar surface area (TPSA) is 29.3 Å². The van der Waals surface area contributed by atoms with Crippen LogP contribution in [0.25, 0.3) is 0 Å². The van der Waals surface area contributed by atoms with Crippen LogP contribution in [0.4, 0.5) is 0 Å². The van der Waals surface area contributed by atoms with Crippen LogP contribution in [0.2, 0.25) is 0 Å². The van der Waals surface area contributed by atoms with Crippen molar-refractivity contribution in [2.75, 3.05) is 38.7 Å². The maximum absolute atomic E-state index is 5.75. The molecule has 0 aromatic heterocycles. The molecule has 0 aromatic rings. The fourth-order valence-corrected chi connectivity index (χ4v) is 2.80. The van der Waals surface area contributed by atoms with E-state index >= 15 is 0 Å². The molecule has 2 N–H and O–H groups in total. The second-order valence-corrected chi connectivity index (χ2v) is 4.67. The molecule has 0 bridgehead atoms. The van der Waals surface area contributed by atoms with E-state index in [-0.39, 0.29) is 0 Å². The maximum Gasteiger partial charge on any atom is 0.00105 e. The molecule has 1 saturated heterocycles. The molecular formula is C9H20N2S. The number of hydrogen-bond donors (Lipinski definition) is 1. The largest absolute Gasteiger partial charge is 0.330 e. The molecule has 0 saturated carbocycles. The normalized spacial score (nSPS) is 27.8. The van der Waals surface area contributed by atoms with E-state index in [4.69, 9.17) is 5.73 Å². The van der Waals surface area contributed by atoms with E-state index in [2.05, 4.69) is 18.2 Å². The van der Waals surface area contributed by atoms with Crippen LogP contribution in [-0.2, 0) is 0 Å². The molecule has 0 spiro atoms. The van der Waals surface area contributed by atoms with Gasteiger partial charge < -0.3 is 10.6 Å². The van der Waals surface area contributed by atoms with E-state index in [0.29, 0.717) is 0 Å². The van der Waals surface area contributed by atoms with Crippen molar-refractivity contribution in [1.29, 1.82) is 0 Å². The van der Waals surface area contributed by atoms with Gasteiger partial charge in [-0.15, -0.1) is 0 Å². The summed E-state index contributed by atoms with van der Waals surface area (Å²) in [7, 11) is 2.20. The van der Waals surface area contributed by atoms with Gasteiger partial charge in [0, 0.05) is 6.54 Å². The Kier molecular flexibility index (Phi) is 4.40. The molecule has 2 unspecified atom stereocenters. The summed E-state index contributed by atoms with van der Waals surface area (Å²) >= 11 is 1.92. The molecular weight excluding hydrogens is 168 g/mol. The first-order chi connectivity index (χ1) is 5.77. The lowest BCUT2D eigenvalue weighted by atomic mass is 9.93. The Morgan fingerprint density at radius 3 is 2.83 bits per heavy atom. The van der Waals surface area contributed by atoms with Crippen LogP contribution in [0.5, 0.6) is 0 Å². The zero-order valence-corrected chi connectivity index (χ0v) is 8.94. The molecule has 0 aromatic carbocycles. The van der Waals surface area contributed by atoms with E-state index in [1.165, 1.54) is 25.3 Å². The number of thioether (sulfide) groups is 1. The summed E-state index contributed by atoms with van der Waals surface area (Å²) in [5.41, 5.74) is 5.75. The molecule has 12 heavy (non-hydrogen) atoms. The first-order valence-corrected chi connectivity index (χ1v) is 6.05. The van der Waals surface area contributed by atoms with Gasteiger partial charge in [-0.2, -0.15) is 11.8 Å². The van der Waals surface area contributed by atoms with E-state index in [0.717, 1.165) is 18.4 Å².